The van der Waals surface area contributed by atoms with Crippen molar-refractivity contribution in [2.45, 2.75) is 4.90 Å². The highest BCUT2D eigenvalue weighted by Gasteiger charge is 2.12. The molecule has 60 valence electrons. The van der Waals surface area contributed by atoms with Gasteiger partial charge in [-0.05, 0) is 37.9 Å². The van der Waals surface area contributed by atoms with Gasteiger partial charge in [0.2, 0.25) is 0 Å². The van der Waals surface area contributed by atoms with E-state index < -0.39 is 11.6 Å². The van der Waals surface area contributed by atoms with Crippen LogP contribution in [0.3, 0.4) is 0 Å². The number of hydrogen-bond acceptors (Lipinski definition) is 1. The lowest BCUT2D eigenvalue weighted by molar-refractivity contribution is 0.486. The predicted octanol–water partition coefficient (Wildman–Crippen LogP) is 3.78. The van der Waals surface area contributed by atoms with Gasteiger partial charge in [0.05, 0.1) is 4.47 Å². The number of rotatable bonds is 0. The predicted molar refractivity (Wildman–Crippen MR) is 49.0 cm³/mol. The Morgan fingerprint density at radius 1 is 1.18 bits per heavy atom. The van der Waals surface area contributed by atoms with E-state index in [0.717, 1.165) is 0 Å². The van der Waals surface area contributed by atoms with E-state index in [2.05, 4.69) is 44.5 Å². The smallest absolute Gasteiger partial charge is 0.175 e. The molecular formula is C6H2Br2F2S. The van der Waals surface area contributed by atoms with Gasteiger partial charge in [0.25, 0.3) is 0 Å². The lowest BCUT2D eigenvalue weighted by Crippen LogP contribution is -1.88. The van der Waals surface area contributed by atoms with Gasteiger partial charge in [-0.3, -0.25) is 0 Å². The van der Waals surface area contributed by atoms with Crippen molar-refractivity contribution < 1.29 is 8.78 Å². The monoisotopic (exact) mass is 302 g/mol. The number of benzene rings is 1. The minimum atomic E-state index is -0.941. The highest BCUT2D eigenvalue weighted by atomic mass is 79.9. The fraction of sp³-hybridized carbons (Fsp3) is 0. The summed E-state index contributed by atoms with van der Waals surface area (Å²) in [5.41, 5.74) is 0. The summed E-state index contributed by atoms with van der Waals surface area (Å²) < 4.78 is 25.9. The molecule has 0 spiro atoms. The maximum absolute atomic E-state index is 12.8. The first-order valence-electron chi connectivity index (χ1n) is 2.56. The molecule has 0 aliphatic rings. The Balaban J connectivity index is 3.46. The Morgan fingerprint density at radius 2 is 1.73 bits per heavy atom. The van der Waals surface area contributed by atoms with Gasteiger partial charge in [-0.25, -0.2) is 8.78 Å². The standard InChI is InChI=1S/C6H2Br2F2S/c7-2-1-3(11)5(9)6(10)4(2)8/h1,11H. The lowest BCUT2D eigenvalue weighted by atomic mass is 10.3. The molecular weight excluding hydrogens is 302 g/mol. The molecule has 0 aliphatic heterocycles. The quantitative estimate of drug-likeness (QED) is 0.421. The van der Waals surface area contributed by atoms with Crippen LogP contribution in [0.4, 0.5) is 8.78 Å². The molecule has 0 amide bonds. The molecule has 0 aromatic heterocycles. The zero-order chi connectivity index (χ0) is 8.59. The van der Waals surface area contributed by atoms with Gasteiger partial charge in [0.15, 0.2) is 11.6 Å². The molecule has 0 N–H and O–H groups in total. The second-order valence-corrected chi connectivity index (χ2v) is 3.95. The van der Waals surface area contributed by atoms with Crippen molar-refractivity contribution in [2.24, 2.45) is 0 Å². The fourth-order valence-corrected chi connectivity index (χ4v) is 1.66. The van der Waals surface area contributed by atoms with Crippen LogP contribution in [-0.2, 0) is 0 Å². The minimum Gasteiger partial charge on any atom is -0.202 e. The number of halogens is 4. The van der Waals surface area contributed by atoms with Crippen LogP contribution >= 0.6 is 44.5 Å². The molecule has 1 aromatic carbocycles. The van der Waals surface area contributed by atoms with Gasteiger partial charge in [0, 0.05) is 9.37 Å². The van der Waals surface area contributed by atoms with Crippen LogP contribution < -0.4 is 0 Å². The molecule has 0 bridgehead atoms. The van der Waals surface area contributed by atoms with E-state index in [-0.39, 0.29) is 9.37 Å². The van der Waals surface area contributed by atoms with Gasteiger partial charge >= 0.3 is 0 Å². The molecule has 0 radical (unpaired) electrons. The first-order chi connectivity index (χ1) is 5.04. The van der Waals surface area contributed by atoms with Crippen LogP contribution in [0.5, 0.6) is 0 Å². The first kappa shape index (κ1) is 9.48. The van der Waals surface area contributed by atoms with Crippen LogP contribution in [0.25, 0.3) is 0 Å². The SMILES string of the molecule is Fc1c(S)cc(Br)c(Br)c1F. The normalized spacial score (nSPS) is 10.3. The van der Waals surface area contributed by atoms with Crippen LogP contribution in [0.2, 0.25) is 0 Å². The third-order valence-corrected chi connectivity index (χ3v) is 3.34. The second kappa shape index (κ2) is 3.41. The summed E-state index contributed by atoms with van der Waals surface area (Å²) in [6.07, 6.45) is 0. The minimum absolute atomic E-state index is 0.0161. The Hall–Kier alpha value is 0.390. The molecule has 0 saturated carbocycles. The maximum atomic E-state index is 12.8. The van der Waals surface area contributed by atoms with Crippen molar-refractivity contribution in [3.8, 4) is 0 Å². The van der Waals surface area contributed by atoms with Crippen molar-refractivity contribution >= 4 is 44.5 Å². The zero-order valence-electron chi connectivity index (χ0n) is 5.04. The maximum Gasteiger partial charge on any atom is 0.175 e. The van der Waals surface area contributed by atoms with Gasteiger partial charge in [-0.2, -0.15) is 0 Å². The third-order valence-electron chi connectivity index (χ3n) is 1.08. The summed E-state index contributed by atoms with van der Waals surface area (Å²) in [5.74, 6) is -1.87. The molecule has 0 fully saturated rings. The van der Waals surface area contributed by atoms with Crippen molar-refractivity contribution in [1.29, 1.82) is 0 Å². The molecule has 5 heteroatoms. The largest absolute Gasteiger partial charge is 0.202 e. The molecule has 11 heavy (non-hydrogen) atoms. The van der Waals surface area contributed by atoms with E-state index >= 15 is 0 Å². The van der Waals surface area contributed by atoms with Crippen LogP contribution in [-0.4, -0.2) is 0 Å². The van der Waals surface area contributed by atoms with E-state index in [1.165, 1.54) is 6.07 Å². The summed E-state index contributed by atoms with van der Waals surface area (Å²) in [4.78, 5) is -0.0161. The molecule has 0 heterocycles. The second-order valence-electron chi connectivity index (χ2n) is 1.82. The Labute approximate surface area is 84.7 Å². The highest BCUT2D eigenvalue weighted by molar-refractivity contribution is 9.13. The van der Waals surface area contributed by atoms with E-state index in [1.54, 1.807) is 0 Å². The summed E-state index contributed by atoms with van der Waals surface area (Å²) >= 11 is 9.62. The molecule has 0 atom stereocenters. The molecule has 0 saturated heterocycles. The summed E-state index contributed by atoms with van der Waals surface area (Å²) in [5, 5.41) is 0. The van der Waals surface area contributed by atoms with Crippen LogP contribution in [0.15, 0.2) is 19.9 Å². The lowest BCUT2D eigenvalue weighted by Gasteiger charge is -2.01. The number of thiol groups is 1. The molecule has 1 rings (SSSR count). The van der Waals surface area contributed by atoms with Crippen molar-refractivity contribution in [1.82, 2.24) is 0 Å². The highest BCUT2D eigenvalue weighted by Crippen LogP contribution is 2.31. The fourth-order valence-electron chi connectivity index (χ4n) is 0.560. The van der Waals surface area contributed by atoms with Gasteiger partial charge in [-0.15, -0.1) is 12.6 Å². The van der Waals surface area contributed by atoms with Crippen molar-refractivity contribution in [3.63, 3.8) is 0 Å². The van der Waals surface area contributed by atoms with Crippen LogP contribution in [0, 0.1) is 11.6 Å². The van der Waals surface area contributed by atoms with Crippen molar-refractivity contribution in [2.75, 3.05) is 0 Å². The Kier molecular flexibility index (Phi) is 2.94. The van der Waals surface area contributed by atoms with Gasteiger partial charge in [-0.1, -0.05) is 0 Å². The molecule has 0 aliphatic carbocycles. The Bertz CT molecular complexity index is 275. The van der Waals surface area contributed by atoms with Crippen LogP contribution in [0.1, 0.15) is 0 Å². The molecule has 0 nitrogen and oxygen atoms in total. The summed E-state index contributed by atoms with van der Waals surface area (Å²) in [7, 11) is 0. The van der Waals surface area contributed by atoms with Gasteiger partial charge in [0.1, 0.15) is 0 Å². The summed E-state index contributed by atoms with van der Waals surface area (Å²) in [6.45, 7) is 0. The molecule has 0 unspecified atom stereocenters. The third kappa shape index (κ3) is 1.76. The summed E-state index contributed by atoms with van der Waals surface area (Å²) in [6, 6.07) is 1.38. The van der Waals surface area contributed by atoms with Crippen molar-refractivity contribution in [3.05, 3.63) is 26.6 Å². The average molecular weight is 304 g/mol. The van der Waals surface area contributed by atoms with E-state index in [9.17, 15) is 8.78 Å². The van der Waals surface area contributed by atoms with Gasteiger partial charge < -0.3 is 0 Å². The number of hydrogen-bond donors (Lipinski definition) is 1. The van der Waals surface area contributed by atoms with E-state index in [0.29, 0.717) is 4.47 Å². The topological polar surface area (TPSA) is 0 Å². The average Bonchev–Trinajstić information content (AvgIpc) is 1.97. The molecule has 1 aromatic rings. The zero-order valence-corrected chi connectivity index (χ0v) is 9.10. The first-order valence-corrected chi connectivity index (χ1v) is 4.59. The van der Waals surface area contributed by atoms with E-state index in [4.69, 9.17) is 0 Å². The Morgan fingerprint density at radius 3 is 2.27 bits per heavy atom. The van der Waals surface area contributed by atoms with E-state index in [1.807, 2.05) is 0 Å².